The highest BCUT2D eigenvalue weighted by atomic mass is 16.2. The number of likely N-dealkylation sites (tertiary alicyclic amines) is 1. The molecule has 3 amide bonds. The first-order valence-electron chi connectivity index (χ1n) is 13.0. The maximum Gasteiger partial charge on any atom is 0.253 e. The lowest BCUT2D eigenvalue weighted by atomic mass is 9.55. The SMILES string of the molecule is CC1CCN(C(=O)c2ccc(N3C(=O)[C@@H]4C5c6ccccc6C(c6ccccc65)[C@H]4C3=O)cc2)CC1. The lowest BCUT2D eigenvalue weighted by molar-refractivity contribution is -0.122. The van der Waals surface area contributed by atoms with Crippen LogP contribution in [0.25, 0.3) is 0 Å². The lowest BCUT2D eigenvalue weighted by Gasteiger charge is -2.45. The smallest absolute Gasteiger partial charge is 0.253 e. The molecule has 3 aliphatic carbocycles. The zero-order valence-electron chi connectivity index (χ0n) is 20.3. The summed E-state index contributed by atoms with van der Waals surface area (Å²) in [4.78, 5) is 44.1. The molecule has 180 valence electrons. The van der Waals surface area contributed by atoms with E-state index < -0.39 is 11.8 Å². The molecule has 2 aliphatic heterocycles. The average Bonchev–Trinajstić information content (AvgIpc) is 3.19. The predicted octanol–water partition coefficient (Wildman–Crippen LogP) is 4.96. The number of rotatable bonds is 2. The molecule has 8 rings (SSSR count). The number of benzene rings is 3. The molecule has 2 heterocycles. The molecule has 0 N–H and O–H groups in total. The fourth-order valence-electron chi connectivity index (χ4n) is 7.08. The molecular formula is C31H28N2O3. The molecule has 36 heavy (non-hydrogen) atoms. The van der Waals surface area contributed by atoms with Crippen LogP contribution in [0.2, 0.25) is 0 Å². The number of hydrogen-bond donors (Lipinski definition) is 0. The molecule has 2 saturated heterocycles. The molecule has 0 radical (unpaired) electrons. The molecule has 3 aromatic rings. The largest absolute Gasteiger partial charge is 0.339 e. The summed E-state index contributed by atoms with van der Waals surface area (Å²) < 4.78 is 0. The molecule has 3 aromatic carbocycles. The van der Waals surface area contributed by atoms with Crippen molar-refractivity contribution in [2.24, 2.45) is 17.8 Å². The normalized spacial score (nSPS) is 26.6. The monoisotopic (exact) mass is 476 g/mol. The highest BCUT2D eigenvalue weighted by Crippen LogP contribution is 2.61. The van der Waals surface area contributed by atoms with E-state index in [1.807, 2.05) is 29.2 Å². The van der Waals surface area contributed by atoms with Gasteiger partial charge in [0.15, 0.2) is 0 Å². The van der Waals surface area contributed by atoms with Crippen molar-refractivity contribution in [2.45, 2.75) is 31.6 Å². The summed E-state index contributed by atoms with van der Waals surface area (Å²) in [6.07, 6.45) is 2.05. The summed E-state index contributed by atoms with van der Waals surface area (Å²) in [6, 6.07) is 23.6. The van der Waals surface area contributed by atoms with Crippen LogP contribution in [0, 0.1) is 17.8 Å². The second-order valence-corrected chi connectivity index (χ2v) is 10.8. The Hall–Kier alpha value is -3.73. The fourth-order valence-corrected chi connectivity index (χ4v) is 7.08. The van der Waals surface area contributed by atoms with Crippen LogP contribution in [0.15, 0.2) is 72.8 Å². The summed E-state index contributed by atoms with van der Waals surface area (Å²) in [5.41, 5.74) is 5.83. The van der Waals surface area contributed by atoms with Gasteiger partial charge >= 0.3 is 0 Å². The summed E-state index contributed by atoms with van der Waals surface area (Å²) in [6.45, 7) is 3.78. The molecule has 5 heteroatoms. The lowest BCUT2D eigenvalue weighted by Crippen LogP contribution is -2.41. The molecule has 0 unspecified atom stereocenters. The topological polar surface area (TPSA) is 57.7 Å². The first kappa shape index (κ1) is 21.5. The Labute approximate surface area is 210 Å². The van der Waals surface area contributed by atoms with Crippen molar-refractivity contribution >= 4 is 23.4 Å². The maximum atomic E-state index is 13.9. The fraction of sp³-hybridized carbons (Fsp3) is 0.323. The number of carbonyl (C=O) groups excluding carboxylic acids is 3. The number of carbonyl (C=O) groups is 3. The van der Waals surface area contributed by atoms with Crippen molar-refractivity contribution in [1.82, 2.24) is 4.90 Å². The minimum Gasteiger partial charge on any atom is -0.339 e. The first-order chi connectivity index (χ1) is 17.5. The van der Waals surface area contributed by atoms with Gasteiger partial charge in [-0.2, -0.15) is 0 Å². The van der Waals surface area contributed by atoms with Gasteiger partial charge in [-0.15, -0.1) is 0 Å². The molecule has 2 fully saturated rings. The van der Waals surface area contributed by atoms with E-state index >= 15 is 0 Å². The number of hydrogen-bond acceptors (Lipinski definition) is 3. The van der Waals surface area contributed by atoms with E-state index in [0.717, 1.165) is 25.9 Å². The maximum absolute atomic E-state index is 13.9. The van der Waals surface area contributed by atoms with Crippen LogP contribution in [0.5, 0.6) is 0 Å². The van der Waals surface area contributed by atoms with Crippen LogP contribution in [0.1, 0.15) is 64.2 Å². The average molecular weight is 477 g/mol. The van der Waals surface area contributed by atoms with E-state index in [1.54, 1.807) is 24.3 Å². The zero-order chi connectivity index (χ0) is 24.6. The second kappa shape index (κ2) is 7.89. The highest BCUT2D eigenvalue weighted by molar-refractivity contribution is 6.23. The zero-order valence-corrected chi connectivity index (χ0v) is 20.3. The number of anilines is 1. The van der Waals surface area contributed by atoms with Crippen molar-refractivity contribution < 1.29 is 14.4 Å². The Morgan fingerprint density at radius 1 is 0.694 bits per heavy atom. The van der Waals surface area contributed by atoms with Crippen LogP contribution >= 0.6 is 0 Å². The molecule has 2 atom stereocenters. The molecule has 0 spiro atoms. The van der Waals surface area contributed by atoms with Gasteiger partial charge in [-0.1, -0.05) is 55.5 Å². The molecule has 5 nitrogen and oxygen atoms in total. The Morgan fingerprint density at radius 2 is 1.14 bits per heavy atom. The van der Waals surface area contributed by atoms with Gasteiger partial charge < -0.3 is 4.90 Å². The molecule has 0 saturated carbocycles. The standard InChI is InChI=1S/C31H28N2O3/c1-18-14-16-32(17-15-18)29(34)19-10-12-20(13-11-19)33-30(35)27-25-21-6-2-3-7-22(21)26(28(27)31(33)36)24-9-5-4-8-23(24)25/h2-13,18,25-28H,14-17H2,1H3/t25?,26?,27-,28-/m1/s1. The minimum absolute atomic E-state index is 0.0186. The Balaban J connectivity index is 1.23. The van der Waals surface area contributed by atoms with Gasteiger partial charge in [0.2, 0.25) is 11.8 Å². The number of imide groups is 1. The van der Waals surface area contributed by atoms with Crippen LogP contribution in [-0.2, 0) is 9.59 Å². The minimum atomic E-state index is -0.399. The van der Waals surface area contributed by atoms with Crippen LogP contribution in [-0.4, -0.2) is 35.7 Å². The third-order valence-corrected chi connectivity index (χ3v) is 8.89. The van der Waals surface area contributed by atoms with Gasteiger partial charge in [-0.25, -0.2) is 4.90 Å². The van der Waals surface area contributed by atoms with E-state index in [1.165, 1.54) is 27.2 Å². The van der Waals surface area contributed by atoms with Gasteiger partial charge in [-0.3, -0.25) is 14.4 Å². The summed E-state index contributed by atoms with van der Waals surface area (Å²) in [5, 5.41) is 0. The van der Waals surface area contributed by atoms with Crippen molar-refractivity contribution in [3.8, 4) is 0 Å². The molecular weight excluding hydrogens is 448 g/mol. The number of piperidine rings is 1. The Bertz CT molecular complexity index is 1290. The predicted molar refractivity (Wildman–Crippen MR) is 137 cm³/mol. The second-order valence-electron chi connectivity index (χ2n) is 10.8. The van der Waals surface area contributed by atoms with E-state index in [9.17, 15) is 14.4 Å². The van der Waals surface area contributed by atoms with E-state index in [-0.39, 0.29) is 29.6 Å². The van der Waals surface area contributed by atoms with Crippen molar-refractivity contribution in [3.63, 3.8) is 0 Å². The van der Waals surface area contributed by atoms with Crippen molar-refractivity contribution in [1.29, 1.82) is 0 Å². The third kappa shape index (κ3) is 2.92. The number of amides is 3. The molecule has 2 bridgehead atoms. The first-order valence-corrected chi connectivity index (χ1v) is 13.0. The molecule has 0 aromatic heterocycles. The highest BCUT2D eigenvalue weighted by Gasteiger charge is 2.61. The van der Waals surface area contributed by atoms with E-state index in [2.05, 4.69) is 31.2 Å². The van der Waals surface area contributed by atoms with Crippen LogP contribution in [0.3, 0.4) is 0 Å². The van der Waals surface area contributed by atoms with Crippen molar-refractivity contribution in [2.75, 3.05) is 18.0 Å². The van der Waals surface area contributed by atoms with Gasteiger partial charge in [0.05, 0.1) is 17.5 Å². The summed E-state index contributed by atoms with van der Waals surface area (Å²) >= 11 is 0. The Kier molecular flexibility index (Phi) is 4.72. The van der Waals surface area contributed by atoms with Gasteiger partial charge in [0.1, 0.15) is 0 Å². The summed E-state index contributed by atoms with van der Waals surface area (Å²) in [7, 11) is 0. The van der Waals surface area contributed by atoms with Crippen molar-refractivity contribution in [3.05, 3.63) is 101 Å². The van der Waals surface area contributed by atoms with Crippen LogP contribution in [0.4, 0.5) is 5.69 Å². The third-order valence-electron chi connectivity index (χ3n) is 8.89. The van der Waals surface area contributed by atoms with Gasteiger partial charge in [0, 0.05) is 30.5 Å². The summed E-state index contributed by atoms with van der Waals surface area (Å²) in [5.74, 6) is -0.619. The van der Waals surface area contributed by atoms with E-state index in [0.29, 0.717) is 17.2 Å². The Morgan fingerprint density at radius 3 is 1.58 bits per heavy atom. The molecule has 5 aliphatic rings. The number of nitrogens with zero attached hydrogens (tertiary/aromatic N) is 2. The van der Waals surface area contributed by atoms with Gasteiger partial charge in [0.25, 0.3) is 5.91 Å². The van der Waals surface area contributed by atoms with Gasteiger partial charge in [-0.05, 0) is 65.3 Å². The van der Waals surface area contributed by atoms with Crippen LogP contribution < -0.4 is 4.90 Å². The van der Waals surface area contributed by atoms with E-state index in [4.69, 9.17) is 0 Å². The quantitative estimate of drug-likeness (QED) is 0.492.